The van der Waals surface area contributed by atoms with E-state index in [0.29, 0.717) is 5.56 Å². The van der Waals surface area contributed by atoms with Crippen LogP contribution >= 0.6 is 0 Å². The Kier molecular flexibility index (Phi) is 6.57. The molecule has 0 radical (unpaired) electrons. The molecule has 0 aliphatic rings. The summed E-state index contributed by atoms with van der Waals surface area (Å²) in [5.41, 5.74) is 5.49. The molecule has 0 saturated carbocycles. The second-order valence-corrected chi connectivity index (χ2v) is 7.51. The fourth-order valence-corrected chi connectivity index (χ4v) is 3.58. The first-order chi connectivity index (χ1) is 14.8. The van der Waals surface area contributed by atoms with Gasteiger partial charge in [-0.25, -0.2) is 10.2 Å². The summed E-state index contributed by atoms with van der Waals surface area (Å²) in [7, 11) is 0. The molecule has 0 saturated heterocycles. The summed E-state index contributed by atoms with van der Waals surface area (Å²) < 4.78 is 0. The van der Waals surface area contributed by atoms with Crippen molar-refractivity contribution in [1.82, 2.24) is 10.9 Å². The number of Topliss-reactive ketones (excluding diaryl/α,β-unsaturated/α-hetero) is 1. The van der Waals surface area contributed by atoms with Crippen LogP contribution < -0.4 is 10.9 Å². The van der Waals surface area contributed by atoms with Crippen molar-refractivity contribution in [2.75, 3.05) is 0 Å². The lowest BCUT2D eigenvalue weighted by Gasteiger charge is -2.33. The van der Waals surface area contributed by atoms with Crippen LogP contribution in [0.5, 0.6) is 11.5 Å². The maximum Gasteiger partial charge on any atom is 0.419 e. The minimum atomic E-state index is -1.36. The number of hydrogen-bond donors (Lipinski definition) is 5. The van der Waals surface area contributed by atoms with E-state index in [2.05, 4.69) is 10.9 Å². The van der Waals surface area contributed by atoms with Gasteiger partial charge in [0.15, 0.2) is 17.3 Å². The predicted octanol–water partition coefficient (Wildman–Crippen LogP) is 3.57. The quantitative estimate of drug-likeness (QED) is 0.281. The van der Waals surface area contributed by atoms with E-state index in [-0.39, 0.29) is 23.7 Å². The zero-order valence-electron chi connectivity index (χ0n) is 16.9. The van der Waals surface area contributed by atoms with E-state index < -0.39 is 17.6 Å². The topological polar surface area (TPSA) is 119 Å². The van der Waals surface area contributed by atoms with E-state index in [9.17, 15) is 19.8 Å². The molecule has 31 heavy (non-hydrogen) atoms. The van der Waals surface area contributed by atoms with E-state index in [1.54, 1.807) is 13.0 Å². The Morgan fingerprint density at radius 3 is 1.90 bits per heavy atom. The maximum atomic E-state index is 13.9. The van der Waals surface area contributed by atoms with Gasteiger partial charge < -0.3 is 15.3 Å². The number of nitrogens with one attached hydrogen (secondary N) is 2. The van der Waals surface area contributed by atoms with E-state index in [0.717, 1.165) is 11.1 Å². The minimum Gasteiger partial charge on any atom is -0.504 e. The lowest BCUT2D eigenvalue weighted by atomic mass is 9.77. The van der Waals surface area contributed by atoms with Crippen molar-refractivity contribution in [2.45, 2.75) is 24.8 Å². The summed E-state index contributed by atoms with van der Waals surface area (Å²) >= 11 is 0. The fourth-order valence-electron chi connectivity index (χ4n) is 3.58. The van der Waals surface area contributed by atoms with E-state index in [1.165, 1.54) is 12.1 Å². The van der Waals surface area contributed by atoms with Crippen molar-refractivity contribution in [3.63, 3.8) is 0 Å². The zero-order valence-corrected chi connectivity index (χ0v) is 16.9. The molecular formula is C24H24N2O5. The highest BCUT2D eigenvalue weighted by atomic mass is 16.4. The first-order valence-corrected chi connectivity index (χ1v) is 9.71. The van der Waals surface area contributed by atoms with Gasteiger partial charge >= 0.3 is 6.09 Å². The minimum absolute atomic E-state index is 0.0656. The van der Waals surface area contributed by atoms with Crippen molar-refractivity contribution in [2.24, 2.45) is 0 Å². The molecule has 3 rings (SSSR count). The Bertz CT molecular complexity index is 1020. The second kappa shape index (κ2) is 9.32. The lowest BCUT2D eigenvalue weighted by Crippen LogP contribution is -2.59. The molecule has 3 aromatic carbocycles. The number of phenolic OH excluding ortho intramolecular Hbond substituents is 2. The first kappa shape index (κ1) is 21.9. The van der Waals surface area contributed by atoms with Gasteiger partial charge in [-0.15, -0.1) is 0 Å². The molecule has 5 N–H and O–H groups in total. The number of carbonyl (C=O) groups excluding carboxylic acids is 1. The molecule has 3 aromatic rings. The molecule has 0 spiro atoms. The summed E-state index contributed by atoms with van der Waals surface area (Å²) in [5, 5.41) is 28.6. The average Bonchev–Trinajstić information content (AvgIpc) is 2.76. The highest BCUT2D eigenvalue weighted by Crippen LogP contribution is 2.32. The van der Waals surface area contributed by atoms with Gasteiger partial charge in [-0.2, -0.15) is 0 Å². The number of carboxylic acid groups (broad SMARTS) is 1. The molecule has 7 heteroatoms. The number of phenols is 2. The number of aromatic hydroxyl groups is 2. The van der Waals surface area contributed by atoms with Gasteiger partial charge in [0.05, 0.1) is 11.5 Å². The molecule has 0 bridgehead atoms. The molecule has 0 aromatic heterocycles. The van der Waals surface area contributed by atoms with Crippen LogP contribution in [0.4, 0.5) is 4.79 Å². The monoisotopic (exact) mass is 420 g/mol. The maximum absolute atomic E-state index is 13.9. The number of benzene rings is 3. The van der Waals surface area contributed by atoms with Gasteiger partial charge in [0.2, 0.25) is 0 Å². The predicted molar refractivity (Wildman–Crippen MR) is 116 cm³/mol. The standard InChI is InChI=1S/C24H24N2O5/c1-24(26-25-23(30)31,15-16-12-13-19(27)20(28)14-16)22(29)21(17-8-4-2-5-9-17)18-10-6-3-7-11-18/h2-14,21,25-28H,15H2,1H3,(H,30,31). The molecule has 0 heterocycles. The molecule has 160 valence electrons. The normalized spacial score (nSPS) is 12.8. The van der Waals surface area contributed by atoms with E-state index in [4.69, 9.17) is 5.11 Å². The number of carbonyl (C=O) groups is 2. The Labute approximate surface area is 180 Å². The summed E-state index contributed by atoms with van der Waals surface area (Å²) in [6.07, 6.45) is -1.26. The highest BCUT2D eigenvalue weighted by Gasteiger charge is 2.40. The Balaban J connectivity index is 2.05. The summed E-state index contributed by atoms with van der Waals surface area (Å²) in [4.78, 5) is 25.1. The van der Waals surface area contributed by atoms with Crippen molar-refractivity contribution < 1.29 is 24.9 Å². The third-order valence-corrected chi connectivity index (χ3v) is 5.11. The third kappa shape index (κ3) is 5.21. The van der Waals surface area contributed by atoms with Crippen LogP contribution in [0.15, 0.2) is 78.9 Å². The SMILES string of the molecule is CC(Cc1ccc(O)c(O)c1)(NNC(=O)O)C(=O)C(c1ccccc1)c1ccccc1. The zero-order chi connectivity index (χ0) is 22.4. The molecule has 0 fully saturated rings. The van der Waals surface area contributed by atoms with Gasteiger partial charge in [-0.05, 0) is 42.2 Å². The van der Waals surface area contributed by atoms with Crippen LogP contribution in [0.3, 0.4) is 0 Å². The largest absolute Gasteiger partial charge is 0.504 e. The number of hydrazine groups is 1. The van der Waals surface area contributed by atoms with Crippen LogP contribution in [-0.4, -0.2) is 32.7 Å². The number of amides is 1. The van der Waals surface area contributed by atoms with Crippen molar-refractivity contribution in [3.05, 3.63) is 95.6 Å². The summed E-state index contributed by atoms with van der Waals surface area (Å²) in [5.74, 6) is -1.51. The fraction of sp³-hybridized carbons (Fsp3) is 0.167. The van der Waals surface area contributed by atoms with Gasteiger partial charge in [0.25, 0.3) is 0 Å². The number of rotatable bonds is 8. The van der Waals surface area contributed by atoms with Crippen LogP contribution in [-0.2, 0) is 11.2 Å². The van der Waals surface area contributed by atoms with Crippen molar-refractivity contribution >= 4 is 11.9 Å². The summed E-state index contributed by atoms with van der Waals surface area (Å²) in [6, 6.07) is 22.8. The Morgan fingerprint density at radius 1 is 0.871 bits per heavy atom. The summed E-state index contributed by atoms with van der Waals surface area (Å²) in [6.45, 7) is 1.61. The smallest absolute Gasteiger partial charge is 0.419 e. The van der Waals surface area contributed by atoms with Gasteiger partial charge in [-0.3, -0.25) is 10.2 Å². The van der Waals surface area contributed by atoms with Gasteiger partial charge in [0.1, 0.15) is 0 Å². The average molecular weight is 420 g/mol. The Hall–Kier alpha value is -3.84. The molecule has 0 aliphatic heterocycles. The molecule has 7 nitrogen and oxygen atoms in total. The molecule has 1 unspecified atom stereocenters. The lowest BCUT2D eigenvalue weighted by molar-refractivity contribution is -0.125. The second-order valence-electron chi connectivity index (χ2n) is 7.51. The van der Waals surface area contributed by atoms with E-state index >= 15 is 0 Å². The van der Waals surface area contributed by atoms with E-state index in [1.807, 2.05) is 60.7 Å². The van der Waals surface area contributed by atoms with Crippen LogP contribution in [0.25, 0.3) is 0 Å². The highest BCUT2D eigenvalue weighted by molar-refractivity contribution is 5.97. The van der Waals surface area contributed by atoms with Gasteiger partial charge in [-0.1, -0.05) is 66.7 Å². The van der Waals surface area contributed by atoms with Gasteiger partial charge in [0, 0.05) is 0 Å². The molecule has 1 atom stereocenters. The van der Waals surface area contributed by atoms with Crippen LogP contribution in [0.1, 0.15) is 29.5 Å². The third-order valence-electron chi connectivity index (χ3n) is 5.11. The van der Waals surface area contributed by atoms with Crippen molar-refractivity contribution in [3.8, 4) is 11.5 Å². The molecular weight excluding hydrogens is 396 g/mol. The molecule has 1 amide bonds. The molecule has 0 aliphatic carbocycles. The Morgan fingerprint density at radius 2 is 1.42 bits per heavy atom. The van der Waals surface area contributed by atoms with Crippen molar-refractivity contribution in [1.29, 1.82) is 0 Å². The van der Waals surface area contributed by atoms with Crippen LogP contribution in [0.2, 0.25) is 0 Å². The number of ketones is 1. The van der Waals surface area contributed by atoms with Crippen LogP contribution in [0, 0.1) is 0 Å². The number of hydrogen-bond acceptors (Lipinski definition) is 5. The first-order valence-electron chi connectivity index (χ1n) is 9.71.